The maximum absolute atomic E-state index is 13.1. The second kappa shape index (κ2) is 6.61. The highest BCUT2D eigenvalue weighted by Crippen LogP contribution is 2.13. The maximum Gasteiger partial charge on any atom is 0.220 e. The summed E-state index contributed by atoms with van der Waals surface area (Å²) >= 11 is 0. The number of Topliss-reactive ketones (excluding diaryl/α,β-unsaturated/α-hetero) is 1. The molecule has 20 heavy (non-hydrogen) atoms. The minimum atomic E-state index is -0.502. The number of halogens is 1. The molecule has 1 unspecified atom stereocenters. The van der Waals surface area contributed by atoms with Crippen LogP contribution >= 0.6 is 0 Å². The molecule has 0 heterocycles. The van der Waals surface area contributed by atoms with E-state index in [-0.39, 0.29) is 23.7 Å². The van der Waals surface area contributed by atoms with Crippen LogP contribution in [-0.2, 0) is 4.79 Å². The van der Waals surface area contributed by atoms with Crippen LogP contribution in [0.1, 0.15) is 37.6 Å². The summed E-state index contributed by atoms with van der Waals surface area (Å²) in [4.78, 5) is 23.8. The molecule has 4 nitrogen and oxygen atoms in total. The Labute approximate surface area is 118 Å². The lowest BCUT2D eigenvalue weighted by atomic mass is 9.96. The van der Waals surface area contributed by atoms with Gasteiger partial charge in [0.05, 0.1) is 0 Å². The summed E-state index contributed by atoms with van der Waals surface area (Å²) in [6.45, 7) is 5.59. The predicted octanol–water partition coefficient (Wildman–Crippen LogP) is 1.89. The monoisotopic (exact) mass is 280 g/mol. The lowest BCUT2D eigenvalue weighted by Crippen LogP contribution is -2.45. The normalized spacial score (nSPS) is 12.8. The zero-order chi connectivity index (χ0) is 15.3. The fraction of sp³-hybridized carbons (Fsp3) is 0.467. The van der Waals surface area contributed by atoms with Crippen LogP contribution in [0, 0.1) is 11.7 Å². The molecule has 1 aromatic rings. The van der Waals surface area contributed by atoms with E-state index < -0.39 is 17.3 Å². The van der Waals surface area contributed by atoms with Gasteiger partial charge in [-0.1, -0.05) is 19.1 Å². The standard InChI is InChI=1S/C15H21FN2O2/c1-10(7-13(19)18-9-15(2,3)17)14(20)11-5-4-6-12(16)8-11/h4-6,8,10H,7,9,17H2,1-3H3,(H,18,19). The topological polar surface area (TPSA) is 72.2 Å². The smallest absolute Gasteiger partial charge is 0.220 e. The van der Waals surface area contributed by atoms with Crippen LogP contribution < -0.4 is 11.1 Å². The zero-order valence-corrected chi connectivity index (χ0v) is 12.1. The summed E-state index contributed by atoms with van der Waals surface area (Å²) in [6.07, 6.45) is 0.0609. The quantitative estimate of drug-likeness (QED) is 0.782. The molecule has 0 saturated heterocycles. The average Bonchev–Trinajstić information content (AvgIpc) is 2.34. The number of carbonyl (C=O) groups excluding carboxylic acids is 2. The Morgan fingerprint density at radius 2 is 2.05 bits per heavy atom. The second-order valence-corrected chi connectivity index (χ2v) is 5.75. The first-order chi connectivity index (χ1) is 9.19. The minimum absolute atomic E-state index is 0.0609. The Morgan fingerprint density at radius 3 is 2.60 bits per heavy atom. The largest absolute Gasteiger partial charge is 0.354 e. The first kappa shape index (κ1) is 16.3. The van der Waals surface area contributed by atoms with Gasteiger partial charge in [-0.2, -0.15) is 0 Å². The summed E-state index contributed by atoms with van der Waals surface area (Å²) in [5.41, 5.74) is 5.55. The summed E-state index contributed by atoms with van der Waals surface area (Å²) in [5, 5.41) is 2.68. The molecule has 0 saturated carbocycles. The molecule has 0 bridgehead atoms. The van der Waals surface area contributed by atoms with Gasteiger partial charge in [-0.15, -0.1) is 0 Å². The Kier molecular flexibility index (Phi) is 5.39. The number of nitrogens with one attached hydrogen (secondary N) is 1. The van der Waals surface area contributed by atoms with E-state index in [2.05, 4.69) is 5.32 Å². The van der Waals surface area contributed by atoms with Crippen LogP contribution in [-0.4, -0.2) is 23.8 Å². The van der Waals surface area contributed by atoms with Crippen molar-refractivity contribution in [3.63, 3.8) is 0 Å². The van der Waals surface area contributed by atoms with E-state index in [1.165, 1.54) is 18.2 Å². The number of hydrogen-bond acceptors (Lipinski definition) is 3. The zero-order valence-electron chi connectivity index (χ0n) is 12.1. The lowest BCUT2D eigenvalue weighted by molar-refractivity contribution is -0.121. The van der Waals surface area contributed by atoms with Crippen molar-refractivity contribution in [2.45, 2.75) is 32.7 Å². The predicted molar refractivity (Wildman–Crippen MR) is 75.8 cm³/mol. The highest BCUT2D eigenvalue weighted by Gasteiger charge is 2.20. The number of carbonyl (C=O) groups is 2. The third kappa shape index (κ3) is 5.48. The average molecular weight is 280 g/mol. The first-order valence-electron chi connectivity index (χ1n) is 6.54. The summed E-state index contributed by atoms with van der Waals surface area (Å²) in [6, 6.07) is 5.48. The first-order valence-corrected chi connectivity index (χ1v) is 6.54. The highest BCUT2D eigenvalue weighted by molar-refractivity contribution is 5.99. The summed E-state index contributed by atoms with van der Waals surface area (Å²) in [5.74, 6) is -1.44. The van der Waals surface area contributed by atoms with Gasteiger partial charge >= 0.3 is 0 Å². The van der Waals surface area contributed by atoms with E-state index in [0.717, 1.165) is 0 Å². The van der Waals surface area contributed by atoms with E-state index in [1.54, 1.807) is 26.8 Å². The van der Waals surface area contributed by atoms with Crippen LogP contribution in [0.5, 0.6) is 0 Å². The third-order valence-electron chi connectivity index (χ3n) is 2.79. The van der Waals surface area contributed by atoms with Crippen LogP contribution in [0.25, 0.3) is 0 Å². The second-order valence-electron chi connectivity index (χ2n) is 5.75. The number of amides is 1. The van der Waals surface area contributed by atoms with Crippen molar-refractivity contribution in [3.8, 4) is 0 Å². The molecule has 110 valence electrons. The number of hydrogen-bond donors (Lipinski definition) is 2. The maximum atomic E-state index is 13.1. The Balaban J connectivity index is 2.56. The van der Waals surface area contributed by atoms with Gasteiger partial charge in [0.25, 0.3) is 0 Å². The van der Waals surface area contributed by atoms with Crippen molar-refractivity contribution in [2.24, 2.45) is 11.7 Å². The van der Waals surface area contributed by atoms with Crippen molar-refractivity contribution >= 4 is 11.7 Å². The van der Waals surface area contributed by atoms with Gasteiger partial charge in [-0.25, -0.2) is 4.39 Å². The number of benzene rings is 1. The molecule has 5 heteroatoms. The van der Waals surface area contributed by atoms with Crippen LogP contribution in [0.4, 0.5) is 4.39 Å². The van der Waals surface area contributed by atoms with Crippen LogP contribution in [0.2, 0.25) is 0 Å². The fourth-order valence-corrected chi connectivity index (χ4v) is 1.70. The van der Waals surface area contributed by atoms with E-state index in [0.29, 0.717) is 6.54 Å². The van der Waals surface area contributed by atoms with Crippen molar-refractivity contribution in [2.75, 3.05) is 6.54 Å². The molecule has 1 atom stereocenters. The summed E-state index contributed by atoms with van der Waals surface area (Å²) in [7, 11) is 0. The van der Waals surface area contributed by atoms with E-state index in [1.807, 2.05) is 0 Å². The summed E-state index contributed by atoms with van der Waals surface area (Å²) < 4.78 is 13.1. The third-order valence-corrected chi connectivity index (χ3v) is 2.79. The van der Waals surface area contributed by atoms with Gasteiger partial charge in [-0.05, 0) is 26.0 Å². The minimum Gasteiger partial charge on any atom is -0.354 e. The van der Waals surface area contributed by atoms with E-state index >= 15 is 0 Å². The highest BCUT2D eigenvalue weighted by atomic mass is 19.1. The Bertz CT molecular complexity index is 495. The molecule has 1 aromatic carbocycles. The lowest BCUT2D eigenvalue weighted by Gasteiger charge is -2.19. The van der Waals surface area contributed by atoms with Crippen molar-refractivity contribution in [3.05, 3.63) is 35.6 Å². The molecule has 0 aliphatic heterocycles. The molecule has 0 fully saturated rings. The van der Waals surface area contributed by atoms with E-state index in [4.69, 9.17) is 5.73 Å². The van der Waals surface area contributed by atoms with Crippen molar-refractivity contribution in [1.82, 2.24) is 5.32 Å². The van der Waals surface area contributed by atoms with Crippen LogP contribution in [0.15, 0.2) is 24.3 Å². The Morgan fingerprint density at radius 1 is 1.40 bits per heavy atom. The number of rotatable bonds is 6. The molecular weight excluding hydrogens is 259 g/mol. The van der Waals surface area contributed by atoms with Gasteiger partial charge in [0.1, 0.15) is 5.82 Å². The number of nitrogens with two attached hydrogens (primary N) is 1. The molecule has 0 aliphatic rings. The molecule has 0 radical (unpaired) electrons. The molecule has 0 aliphatic carbocycles. The molecule has 1 amide bonds. The molecular formula is C15H21FN2O2. The Hall–Kier alpha value is -1.75. The van der Waals surface area contributed by atoms with Crippen molar-refractivity contribution < 1.29 is 14.0 Å². The van der Waals surface area contributed by atoms with Gasteiger partial charge in [0, 0.05) is 30.0 Å². The SMILES string of the molecule is CC(CC(=O)NCC(C)(C)N)C(=O)c1cccc(F)c1. The van der Waals surface area contributed by atoms with Gasteiger partial charge in [-0.3, -0.25) is 9.59 Å². The molecule has 3 N–H and O–H groups in total. The molecule has 0 spiro atoms. The molecule has 0 aromatic heterocycles. The fourth-order valence-electron chi connectivity index (χ4n) is 1.70. The number of ketones is 1. The van der Waals surface area contributed by atoms with Crippen molar-refractivity contribution in [1.29, 1.82) is 0 Å². The van der Waals surface area contributed by atoms with Gasteiger partial charge in [0.2, 0.25) is 5.91 Å². The molecule has 1 rings (SSSR count). The van der Waals surface area contributed by atoms with Crippen LogP contribution in [0.3, 0.4) is 0 Å². The van der Waals surface area contributed by atoms with Gasteiger partial charge < -0.3 is 11.1 Å². The van der Waals surface area contributed by atoms with Gasteiger partial charge in [0.15, 0.2) is 5.78 Å². The van der Waals surface area contributed by atoms with E-state index in [9.17, 15) is 14.0 Å².